The fourth-order valence-corrected chi connectivity index (χ4v) is 2.85. The Kier molecular flexibility index (Phi) is 4.53. The van der Waals surface area contributed by atoms with Gasteiger partial charge in [0.05, 0.1) is 5.54 Å². The highest BCUT2D eigenvalue weighted by molar-refractivity contribution is 5.40. The van der Waals surface area contributed by atoms with Gasteiger partial charge in [-0.05, 0) is 28.5 Å². The molecular formula is C20H27N. The van der Waals surface area contributed by atoms with Crippen molar-refractivity contribution in [1.29, 1.82) is 0 Å². The van der Waals surface area contributed by atoms with Gasteiger partial charge in [0.25, 0.3) is 0 Å². The van der Waals surface area contributed by atoms with Crippen LogP contribution in [0.15, 0.2) is 54.6 Å². The van der Waals surface area contributed by atoms with Crippen molar-refractivity contribution in [2.75, 3.05) is 0 Å². The number of nitrogens with two attached hydrogens (primary N) is 1. The monoisotopic (exact) mass is 281 g/mol. The van der Waals surface area contributed by atoms with Crippen LogP contribution in [0.25, 0.3) is 0 Å². The summed E-state index contributed by atoms with van der Waals surface area (Å²) in [7, 11) is 0. The van der Waals surface area contributed by atoms with E-state index in [0.29, 0.717) is 0 Å². The van der Waals surface area contributed by atoms with Gasteiger partial charge in [-0.15, -0.1) is 0 Å². The highest BCUT2D eigenvalue weighted by Gasteiger charge is 2.28. The molecule has 1 atom stereocenters. The molecule has 0 amide bonds. The second kappa shape index (κ2) is 6.03. The quantitative estimate of drug-likeness (QED) is 0.839. The second-order valence-electron chi connectivity index (χ2n) is 6.91. The van der Waals surface area contributed by atoms with Crippen LogP contribution in [0.4, 0.5) is 0 Å². The molecule has 0 saturated heterocycles. The van der Waals surface area contributed by atoms with Gasteiger partial charge >= 0.3 is 0 Å². The van der Waals surface area contributed by atoms with Crippen LogP contribution in [0, 0.1) is 0 Å². The smallest absolute Gasteiger partial charge is 0.0665 e. The van der Waals surface area contributed by atoms with Gasteiger partial charge in [0, 0.05) is 0 Å². The van der Waals surface area contributed by atoms with E-state index < -0.39 is 5.54 Å². The summed E-state index contributed by atoms with van der Waals surface area (Å²) in [4.78, 5) is 0. The van der Waals surface area contributed by atoms with E-state index >= 15 is 0 Å². The Labute approximate surface area is 129 Å². The molecule has 0 heterocycles. The van der Waals surface area contributed by atoms with Crippen LogP contribution in [0.1, 0.15) is 57.2 Å². The maximum atomic E-state index is 6.81. The third-order valence-corrected chi connectivity index (χ3v) is 4.20. The van der Waals surface area contributed by atoms with Crippen LogP contribution in [0.5, 0.6) is 0 Å². The van der Waals surface area contributed by atoms with Crippen molar-refractivity contribution >= 4 is 0 Å². The highest BCUT2D eigenvalue weighted by atomic mass is 14.7. The molecular weight excluding hydrogens is 254 g/mol. The van der Waals surface area contributed by atoms with Crippen molar-refractivity contribution in [2.45, 2.75) is 51.5 Å². The van der Waals surface area contributed by atoms with Crippen molar-refractivity contribution in [1.82, 2.24) is 0 Å². The number of rotatable bonds is 4. The first-order valence-electron chi connectivity index (χ1n) is 7.83. The summed E-state index contributed by atoms with van der Waals surface area (Å²) in [5, 5.41) is 0. The van der Waals surface area contributed by atoms with E-state index in [1.807, 2.05) is 6.07 Å². The van der Waals surface area contributed by atoms with Gasteiger partial charge in [-0.3, -0.25) is 0 Å². The molecule has 2 aromatic rings. The minimum Gasteiger partial charge on any atom is -0.318 e. The summed E-state index contributed by atoms with van der Waals surface area (Å²) in [5.74, 6) is 0. The van der Waals surface area contributed by atoms with Crippen LogP contribution < -0.4 is 5.73 Å². The van der Waals surface area contributed by atoms with Gasteiger partial charge in [0.1, 0.15) is 0 Å². The zero-order valence-electron chi connectivity index (χ0n) is 13.7. The molecule has 0 aromatic heterocycles. The van der Waals surface area contributed by atoms with Crippen molar-refractivity contribution < 1.29 is 0 Å². The van der Waals surface area contributed by atoms with E-state index in [1.165, 1.54) is 16.7 Å². The molecule has 0 aliphatic carbocycles. The van der Waals surface area contributed by atoms with Crippen LogP contribution in [-0.4, -0.2) is 0 Å². The van der Waals surface area contributed by atoms with Crippen LogP contribution >= 0.6 is 0 Å². The molecule has 2 rings (SSSR count). The minimum absolute atomic E-state index is 0.174. The molecule has 2 N–H and O–H groups in total. The van der Waals surface area contributed by atoms with Gasteiger partial charge in [-0.1, -0.05) is 88.7 Å². The molecule has 21 heavy (non-hydrogen) atoms. The van der Waals surface area contributed by atoms with Crippen molar-refractivity contribution in [2.24, 2.45) is 5.73 Å². The topological polar surface area (TPSA) is 26.0 Å². The molecule has 0 bridgehead atoms. The summed E-state index contributed by atoms with van der Waals surface area (Å²) in [5.41, 5.74) is 10.3. The fraction of sp³-hybridized carbons (Fsp3) is 0.400. The highest BCUT2D eigenvalue weighted by Crippen LogP contribution is 2.33. The zero-order valence-corrected chi connectivity index (χ0v) is 13.7. The second-order valence-corrected chi connectivity index (χ2v) is 6.91. The van der Waals surface area contributed by atoms with Gasteiger partial charge in [-0.2, -0.15) is 0 Å². The molecule has 0 aliphatic heterocycles. The molecule has 0 radical (unpaired) electrons. The summed E-state index contributed by atoms with van der Waals surface area (Å²) in [6.07, 6.45) is 2.01. The lowest BCUT2D eigenvalue weighted by atomic mass is 9.78. The molecule has 112 valence electrons. The van der Waals surface area contributed by atoms with Gasteiger partial charge in [0.15, 0.2) is 0 Å². The summed E-state index contributed by atoms with van der Waals surface area (Å²) in [6.45, 7) is 8.90. The van der Waals surface area contributed by atoms with Gasteiger partial charge in [-0.25, -0.2) is 0 Å². The summed E-state index contributed by atoms with van der Waals surface area (Å²) < 4.78 is 0. The Balaban J connectivity index is 2.44. The molecule has 2 aromatic carbocycles. The average Bonchev–Trinajstić information content (AvgIpc) is 2.47. The van der Waals surface area contributed by atoms with E-state index in [1.54, 1.807) is 0 Å². The predicted molar refractivity (Wildman–Crippen MR) is 91.5 cm³/mol. The largest absolute Gasteiger partial charge is 0.318 e. The third-order valence-electron chi connectivity index (χ3n) is 4.20. The summed E-state index contributed by atoms with van der Waals surface area (Å²) in [6, 6.07) is 19.3. The lowest BCUT2D eigenvalue weighted by Crippen LogP contribution is -2.37. The SMILES string of the molecule is CCCC(N)(c1ccccc1)c1ccc(C(C)(C)C)cc1. The van der Waals surface area contributed by atoms with Gasteiger partial charge < -0.3 is 5.73 Å². The van der Waals surface area contributed by atoms with E-state index in [2.05, 4.69) is 76.2 Å². The maximum Gasteiger partial charge on any atom is 0.0665 e. The normalized spacial score (nSPS) is 14.7. The Hall–Kier alpha value is -1.60. The molecule has 0 spiro atoms. The van der Waals surface area contributed by atoms with Gasteiger partial charge in [0.2, 0.25) is 0 Å². The molecule has 1 heteroatoms. The zero-order chi connectivity index (χ0) is 15.5. The Morgan fingerprint density at radius 1 is 0.762 bits per heavy atom. The molecule has 1 nitrogen and oxygen atoms in total. The minimum atomic E-state index is -0.396. The third kappa shape index (κ3) is 3.36. The predicted octanol–water partition coefficient (Wildman–Crippen LogP) is 4.99. The Bertz CT molecular complexity index is 563. The van der Waals surface area contributed by atoms with E-state index in [4.69, 9.17) is 5.73 Å². The van der Waals surface area contributed by atoms with Crippen molar-refractivity contribution in [3.63, 3.8) is 0 Å². The first-order chi connectivity index (χ1) is 9.88. The lowest BCUT2D eigenvalue weighted by molar-refractivity contribution is 0.484. The fourth-order valence-electron chi connectivity index (χ4n) is 2.85. The molecule has 1 unspecified atom stereocenters. The summed E-state index contributed by atoms with van der Waals surface area (Å²) >= 11 is 0. The average molecular weight is 281 g/mol. The number of hydrogen-bond donors (Lipinski definition) is 1. The molecule has 0 aliphatic rings. The molecule has 0 saturated carbocycles. The standard InChI is InChI=1S/C20H27N/c1-5-15-20(21,17-9-7-6-8-10-17)18-13-11-16(12-14-18)19(2,3)4/h6-14H,5,15,21H2,1-4H3. The first-order valence-corrected chi connectivity index (χ1v) is 7.83. The van der Waals surface area contributed by atoms with Crippen molar-refractivity contribution in [3.05, 3.63) is 71.3 Å². The van der Waals surface area contributed by atoms with Crippen LogP contribution in [0.2, 0.25) is 0 Å². The van der Waals surface area contributed by atoms with Crippen LogP contribution in [-0.2, 0) is 11.0 Å². The van der Waals surface area contributed by atoms with E-state index in [-0.39, 0.29) is 5.41 Å². The lowest BCUT2D eigenvalue weighted by Gasteiger charge is -2.31. The number of benzene rings is 2. The van der Waals surface area contributed by atoms with Crippen molar-refractivity contribution in [3.8, 4) is 0 Å². The van der Waals surface area contributed by atoms with E-state index in [0.717, 1.165) is 12.8 Å². The molecule has 0 fully saturated rings. The van der Waals surface area contributed by atoms with Crippen LogP contribution in [0.3, 0.4) is 0 Å². The van der Waals surface area contributed by atoms with E-state index in [9.17, 15) is 0 Å². The Morgan fingerprint density at radius 3 is 1.71 bits per heavy atom. The Morgan fingerprint density at radius 2 is 1.24 bits per heavy atom. The first kappa shape index (κ1) is 15.8. The number of hydrogen-bond acceptors (Lipinski definition) is 1. The maximum absolute atomic E-state index is 6.81.